The first-order valence-corrected chi connectivity index (χ1v) is 9.67. The first-order valence-electron chi connectivity index (χ1n) is 9.67. The Morgan fingerprint density at radius 3 is 2.45 bits per heavy atom. The maximum absolute atomic E-state index is 12.3. The van der Waals surface area contributed by atoms with E-state index >= 15 is 0 Å². The standard InChI is InChI=1S/C23H24N6O2/c1-4-19(13-24-2)29-23-26-11-18(12-27-23)17-7-5-16(6-8-17)9-22(30)28-20-10-21(31-3)15-25-14-20/h4-8,10-15H,9H2,1-3H3,(H,28,30)(H,26,27,29)/b19-4+,24-13-. The molecule has 2 heterocycles. The number of carbonyl (C=O) groups is 1. The third-order valence-electron chi connectivity index (χ3n) is 4.37. The van der Waals surface area contributed by atoms with E-state index in [1.54, 1.807) is 51.2 Å². The molecule has 8 nitrogen and oxygen atoms in total. The van der Waals surface area contributed by atoms with Gasteiger partial charge in [0.2, 0.25) is 11.9 Å². The lowest BCUT2D eigenvalue weighted by atomic mass is 10.1. The number of nitrogens with one attached hydrogen (secondary N) is 2. The van der Waals surface area contributed by atoms with Crippen LogP contribution in [-0.2, 0) is 11.2 Å². The van der Waals surface area contributed by atoms with Gasteiger partial charge in [-0.3, -0.25) is 14.8 Å². The van der Waals surface area contributed by atoms with Crippen LogP contribution in [-0.4, -0.2) is 41.2 Å². The molecule has 0 bridgehead atoms. The van der Waals surface area contributed by atoms with Gasteiger partial charge in [-0.15, -0.1) is 0 Å². The number of ether oxygens (including phenoxy) is 1. The average molecular weight is 416 g/mol. The molecule has 0 aliphatic rings. The van der Waals surface area contributed by atoms with Crippen molar-refractivity contribution < 1.29 is 9.53 Å². The Hall–Kier alpha value is -4.07. The summed E-state index contributed by atoms with van der Waals surface area (Å²) >= 11 is 0. The Morgan fingerprint density at radius 1 is 1.06 bits per heavy atom. The Bertz CT molecular complexity index is 1080. The van der Waals surface area contributed by atoms with E-state index in [0.717, 1.165) is 22.4 Å². The predicted octanol–water partition coefficient (Wildman–Crippen LogP) is 3.74. The summed E-state index contributed by atoms with van der Waals surface area (Å²) in [4.78, 5) is 29.0. The number of anilines is 2. The van der Waals surface area contributed by atoms with Crippen LogP contribution < -0.4 is 15.4 Å². The zero-order valence-electron chi connectivity index (χ0n) is 17.7. The molecule has 0 radical (unpaired) electrons. The minimum Gasteiger partial charge on any atom is -0.495 e. The molecule has 3 rings (SSSR count). The fraction of sp³-hybridized carbons (Fsp3) is 0.174. The van der Waals surface area contributed by atoms with Crippen LogP contribution in [0.5, 0.6) is 5.75 Å². The molecule has 1 amide bonds. The molecule has 0 aliphatic heterocycles. The molecule has 0 atom stereocenters. The maximum Gasteiger partial charge on any atom is 0.228 e. The van der Waals surface area contributed by atoms with Crippen LogP contribution in [0.4, 0.5) is 11.6 Å². The molecule has 2 N–H and O–H groups in total. The molecule has 0 unspecified atom stereocenters. The van der Waals surface area contributed by atoms with Crippen LogP contribution >= 0.6 is 0 Å². The van der Waals surface area contributed by atoms with Crippen LogP contribution in [0.15, 0.2) is 71.9 Å². The fourth-order valence-corrected chi connectivity index (χ4v) is 2.79. The Balaban J connectivity index is 1.61. The van der Waals surface area contributed by atoms with Crippen molar-refractivity contribution in [3.63, 3.8) is 0 Å². The lowest BCUT2D eigenvalue weighted by molar-refractivity contribution is -0.115. The molecule has 1 aromatic carbocycles. The Kier molecular flexibility index (Phi) is 7.42. The minimum absolute atomic E-state index is 0.128. The normalized spacial score (nSPS) is 11.4. The first-order chi connectivity index (χ1) is 15.1. The number of hydrogen-bond donors (Lipinski definition) is 2. The fourth-order valence-electron chi connectivity index (χ4n) is 2.79. The van der Waals surface area contributed by atoms with E-state index in [-0.39, 0.29) is 12.3 Å². The molecule has 158 valence electrons. The van der Waals surface area contributed by atoms with Crippen LogP contribution in [0.25, 0.3) is 11.1 Å². The number of benzene rings is 1. The maximum atomic E-state index is 12.3. The second-order valence-corrected chi connectivity index (χ2v) is 6.59. The van der Waals surface area contributed by atoms with Crippen molar-refractivity contribution in [1.82, 2.24) is 15.0 Å². The quantitative estimate of drug-likeness (QED) is 0.543. The highest BCUT2D eigenvalue weighted by molar-refractivity contribution is 5.92. The molecule has 0 saturated heterocycles. The summed E-state index contributed by atoms with van der Waals surface area (Å²) in [6.45, 7) is 1.91. The molecular formula is C23H24N6O2. The molecule has 0 aliphatic carbocycles. The summed E-state index contributed by atoms with van der Waals surface area (Å²) in [5.41, 5.74) is 4.16. The van der Waals surface area contributed by atoms with Crippen molar-refractivity contribution in [2.45, 2.75) is 13.3 Å². The van der Waals surface area contributed by atoms with Gasteiger partial charge in [-0.05, 0) is 18.1 Å². The van der Waals surface area contributed by atoms with Gasteiger partial charge in [0.25, 0.3) is 0 Å². The number of allylic oxidation sites excluding steroid dienone is 2. The minimum atomic E-state index is -0.128. The van der Waals surface area contributed by atoms with Crippen LogP contribution in [0.3, 0.4) is 0 Å². The lowest BCUT2D eigenvalue weighted by Gasteiger charge is -2.08. The number of aromatic nitrogens is 3. The summed E-state index contributed by atoms with van der Waals surface area (Å²) in [6, 6.07) is 9.45. The molecule has 0 saturated carbocycles. The van der Waals surface area contributed by atoms with Gasteiger partial charge in [-0.2, -0.15) is 0 Å². The third kappa shape index (κ3) is 6.20. The van der Waals surface area contributed by atoms with Crippen molar-refractivity contribution in [1.29, 1.82) is 0 Å². The van der Waals surface area contributed by atoms with Crippen LogP contribution in [0, 0.1) is 0 Å². The number of pyridine rings is 1. The molecule has 0 fully saturated rings. The number of amides is 1. The summed E-state index contributed by atoms with van der Waals surface area (Å²) in [7, 11) is 3.26. The monoisotopic (exact) mass is 416 g/mol. The smallest absolute Gasteiger partial charge is 0.228 e. The van der Waals surface area contributed by atoms with Crippen LogP contribution in [0.1, 0.15) is 12.5 Å². The SMILES string of the molecule is C/C=C(\C=N/C)Nc1ncc(-c2ccc(CC(=O)Nc3cncc(OC)c3)cc2)cn1. The Labute approximate surface area is 181 Å². The van der Waals surface area contributed by atoms with Gasteiger partial charge >= 0.3 is 0 Å². The number of rotatable bonds is 8. The number of aliphatic imine (C=N–C) groups is 1. The summed E-state index contributed by atoms with van der Waals surface area (Å²) in [5, 5.41) is 5.92. The van der Waals surface area contributed by atoms with Crippen LogP contribution in [0.2, 0.25) is 0 Å². The number of methoxy groups -OCH3 is 1. The van der Waals surface area contributed by atoms with Crippen molar-refractivity contribution in [3.8, 4) is 16.9 Å². The van der Waals surface area contributed by atoms with E-state index in [9.17, 15) is 4.79 Å². The third-order valence-corrected chi connectivity index (χ3v) is 4.37. The molecule has 0 spiro atoms. The van der Waals surface area contributed by atoms with Gasteiger partial charge in [0.1, 0.15) is 5.75 Å². The second-order valence-electron chi connectivity index (χ2n) is 6.59. The summed E-state index contributed by atoms with van der Waals surface area (Å²) in [5.74, 6) is 0.958. The molecule has 2 aromatic heterocycles. The lowest BCUT2D eigenvalue weighted by Crippen LogP contribution is -2.14. The van der Waals surface area contributed by atoms with Crippen molar-refractivity contribution in [2.75, 3.05) is 24.8 Å². The number of hydrogen-bond acceptors (Lipinski definition) is 7. The molecule has 8 heteroatoms. The van der Waals surface area contributed by atoms with Gasteiger partial charge in [-0.25, -0.2) is 9.97 Å². The number of nitrogens with zero attached hydrogens (tertiary/aromatic N) is 4. The molecular weight excluding hydrogens is 392 g/mol. The first kappa shape index (κ1) is 21.6. The largest absolute Gasteiger partial charge is 0.495 e. The van der Waals surface area contributed by atoms with E-state index in [1.165, 1.54) is 0 Å². The highest BCUT2D eigenvalue weighted by Gasteiger charge is 2.07. The summed E-state index contributed by atoms with van der Waals surface area (Å²) < 4.78 is 5.12. The van der Waals surface area contributed by atoms with Gasteiger partial charge in [0, 0.05) is 37.3 Å². The van der Waals surface area contributed by atoms with E-state index in [0.29, 0.717) is 17.4 Å². The van der Waals surface area contributed by atoms with Gasteiger partial charge in [-0.1, -0.05) is 30.3 Å². The number of carbonyl (C=O) groups excluding carboxylic acids is 1. The topological polar surface area (TPSA) is 101 Å². The van der Waals surface area contributed by atoms with Gasteiger partial charge in [0.05, 0.1) is 37.3 Å². The zero-order valence-corrected chi connectivity index (χ0v) is 17.7. The van der Waals surface area contributed by atoms with Crippen molar-refractivity contribution in [2.24, 2.45) is 4.99 Å². The van der Waals surface area contributed by atoms with Gasteiger partial charge in [0.15, 0.2) is 0 Å². The molecule has 31 heavy (non-hydrogen) atoms. The Morgan fingerprint density at radius 2 is 1.81 bits per heavy atom. The van der Waals surface area contributed by atoms with E-state index in [2.05, 4.69) is 30.6 Å². The average Bonchev–Trinajstić information content (AvgIpc) is 2.80. The van der Waals surface area contributed by atoms with Gasteiger partial charge < -0.3 is 15.4 Å². The molecule has 3 aromatic rings. The van der Waals surface area contributed by atoms with E-state index in [4.69, 9.17) is 4.74 Å². The highest BCUT2D eigenvalue weighted by atomic mass is 16.5. The van der Waals surface area contributed by atoms with E-state index < -0.39 is 0 Å². The van der Waals surface area contributed by atoms with Crippen molar-refractivity contribution >= 4 is 23.8 Å². The second kappa shape index (κ2) is 10.6. The summed E-state index contributed by atoms with van der Waals surface area (Å²) in [6.07, 6.45) is 10.5. The highest BCUT2D eigenvalue weighted by Crippen LogP contribution is 2.20. The van der Waals surface area contributed by atoms with E-state index in [1.807, 2.05) is 37.3 Å². The zero-order chi connectivity index (χ0) is 22.1. The van der Waals surface area contributed by atoms with Crippen molar-refractivity contribution in [3.05, 3.63) is 72.5 Å². The predicted molar refractivity (Wildman–Crippen MR) is 122 cm³/mol.